The monoisotopic (exact) mass is 289 g/mol. The second-order valence-electron chi connectivity index (χ2n) is 5.39. The minimum absolute atomic E-state index is 0.154. The molecule has 20 heavy (non-hydrogen) atoms. The molecule has 0 radical (unpaired) electrons. The molecule has 0 spiro atoms. The van der Waals surface area contributed by atoms with Gasteiger partial charge in [-0.15, -0.1) is 0 Å². The summed E-state index contributed by atoms with van der Waals surface area (Å²) in [4.78, 5) is 16.5. The number of nitrogens with zero attached hydrogens (tertiary/aromatic N) is 2. The van der Waals surface area contributed by atoms with Crippen LogP contribution in [0.2, 0.25) is 0 Å². The minimum Gasteiger partial charge on any atom is -0.352 e. The molecule has 0 aliphatic carbocycles. The van der Waals surface area contributed by atoms with Gasteiger partial charge in [-0.25, -0.2) is 4.98 Å². The lowest BCUT2D eigenvalue weighted by atomic mass is 10.1. The van der Waals surface area contributed by atoms with E-state index in [1.807, 2.05) is 6.92 Å². The van der Waals surface area contributed by atoms with Gasteiger partial charge in [-0.2, -0.15) is 11.3 Å². The zero-order valence-corrected chi connectivity index (χ0v) is 12.4. The maximum atomic E-state index is 12.0. The van der Waals surface area contributed by atoms with E-state index in [0.717, 1.165) is 37.3 Å². The van der Waals surface area contributed by atoms with Crippen LogP contribution in [0.5, 0.6) is 0 Å². The van der Waals surface area contributed by atoms with Crippen molar-refractivity contribution >= 4 is 17.2 Å². The van der Waals surface area contributed by atoms with E-state index in [1.54, 1.807) is 11.3 Å². The van der Waals surface area contributed by atoms with E-state index in [9.17, 15) is 4.79 Å². The van der Waals surface area contributed by atoms with Crippen molar-refractivity contribution in [1.82, 2.24) is 14.9 Å². The first-order valence-corrected chi connectivity index (χ1v) is 7.98. The van der Waals surface area contributed by atoms with Crippen molar-refractivity contribution in [3.63, 3.8) is 0 Å². The van der Waals surface area contributed by atoms with Crippen LogP contribution < -0.4 is 5.32 Å². The third kappa shape index (κ3) is 3.10. The first kappa shape index (κ1) is 13.4. The Morgan fingerprint density at radius 1 is 1.60 bits per heavy atom. The van der Waals surface area contributed by atoms with E-state index < -0.39 is 0 Å². The van der Waals surface area contributed by atoms with Gasteiger partial charge < -0.3 is 9.88 Å². The Labute approximate surface area is 122 Å². The predicted molar refractivity (Wildman–Crippen MR) is 79.9 cm³/mol. The highest BCUT2D eigenvalue weighted by atomic mass is 32.1. The number of amides is 1. The first-order chi connectivity index (χ1) is 9.70. The Morgan fingerprint density at radius 2 is 2.50 bits per heavy atom. The molecule has 2 aromatic rings. The van der Waals surface area contributed by atoms with E-state index in [0.29, 0.717) is 6.42 Å². The second kappa shape index (κ2) is 5.79. The fourth-order valence-corrected chi connectivity index (χ4v) is 3.40. The molecule has 0 bridgehead atoms. The van der Waals surface area contributed by atoms with Crippen molar-refractivity contribution in [1.29, 1.82) is 0 Å². The van der Waals surface area contributed by atoms with Crippen molar-refractivity contribution in [3.05, 3.63) is 40.1 Å². The third-order valence-corrected chi connectivity index (χ3v) is 4.43. The molecule has 5 heteroatoms. The Hall–Kier alpha value is -1.62. The molecular weight excluding hydrogens is 270 g/mol. The molecule has 1 aliphatic rings. The summed E-state index contributed by atoms with van der Waals surface area (Å²) in [6, 6.07) is 2.32. The molecular formula is C15H19N3OS. The number of hydrogen-bond donors (Lipinski definition) is 1. The largest absolute Gasteiger partial charge is 0.352 e. The van der Waals surface area contributed by atoms with Crippen molar-refractivity contribution in [3.8, 4) is 0 Å². The quantitative estimate of drug-likeness (QED) is 0.939. The summed E-state index contributed by atoms with van der Waals surface area (Å²) >= 11 is 1.68. The highest BCUT2D eigenvalue weighted by Crippen LogP contribution is 2.15. The number of imidazole rings is 1. The molecule has 3 heterocycles. The molecule has 0 aromatic carbocycles. The van der Waals surface area contributed by atoms with Gasteiger partial charge in [-0.1, -0.05) is 0 Å². The van der Waals surface area contributed by atoms with Crippen LogP contribution in [-0.4, -0.2) is 21.5 Å². The zero-order chi connectivity index (χ0) is 13.9. The molecule has 0 saturated heterocycles. The Balaban J connectivity index is 1.50. The van der Waals surface area contributed by atoms with E-state index in [4.69, 9.17) is 0 Å². The van der Waals surface area contributed by atoms with Crippen molar-refractivity contribution in [2.75, 3.05) is 0 Å². The number of fused-ring (bicyclic) bond motifs is 1. The van der Waals surface area contributed by atoms with E-state index in [1.165, 1.54) is 5.56 Å². The summed E-state index contributed by atoms with van der Waals surface area (Å²) < 4.78 is 2.17. The van der Waals surface area contributed by atoms with Gasteiger partial charge in [0.05, 0.1) is 5.69 Å². The lowest BCUT2D eigenvalue weighted by Gasteiger charge is -2.24. The molecule has 4 nitrogen and oxygen atoms in total. The van der Waals surface area contributed by atoms with E-state index in [-0.39, 0.29) is 11.9 Å². The average Bonchev–Trinajstić information content (AvgIpc) is 3.04. The normalized spacial score (nSPS) is 17.8. The smallest absolute Gasteiger partial charge is 0.220 e. The Morgan fingerprint density at radius 3 is 3.30 bits per heavy atom. The van der Waals surface area contributed by atoms with Crippen molar-refractivity contribution in [2.24, 2.45) is 0 Å². The highest BCUT2D eigenvalue weighted by molar-refractivity contribution is 7.07. The summed E-state index contributed by atoms with van der Waals surface area (Å²) in [6.45, 7) is 2.86. The predicted octanol–water partition coefficient (Wildman–Crippen LogP) is 2.32. The summed E-state index contributed by atoms with van der Waals surface area (Å²) in [5, 5.41) is 7.31. The van der Waals surface area contributed by atoms with Crippen LogP contribution in [-0.2, 0) is 24.2 Å². The van der Waals surface area contributed by atoms with Gasteiger partial charge in [0.2, 0.25) is 5.91 Å². The molecule has 0 fully saturated rings. The summed E-state index contributed by atoms with van der Waals surface area (Å²) in [5.41, 5.74) is 2.31. The fraction of sp³-hybridized carbons (Fsp3) is 0.467. The first-order valence-electron chi connectivity index (χ1n) is 7.04. The number of carbonyl (C=O) groups excluding carboxylic acids is 1. The van der Waals surface area contributed by atoms with Gasteiger partial charge in [0, 0.05) is 31.6 Å². The van der Waals surface area contributed by atoms with Gasteiger partial charge in [-0.3, -0.25) is 4.79 Å². The number of carbonyl (C=O) groups is 1. The van der Waals surface area contributed by atoms with Crippen LogP contribution in [0.4, 0.5) is 0 Å². The van der Waals surface area contributed by atoms with Gasteiger partial charge in [0.1, 0.15) is 5.82 Å². The second-order valence-corrected chi connectivity index (χ2v) is 6.17. The Kier molecular flexibility index (Phi) is 3.87. The number of nitrogens with one attached hydrogen (secondary N) is 1. The molecule has 1 aliphatic heterocycles. The highest BCUT2D eigenvalue weighted by Gasteiger charge is 2.20. The molecule has 1 amide bonds. The van der Waals surface area contributed by atoms with Gasteiger partial charge >= 0.3 is 0 Å². The van der Waals surface area contributed by atoms with Crippen molar-refractivity contribution < 1.29 is 4.79 Å². The molecule has 106 valence electrons. The van der Waals surface area contributed by atoms with Gasteiger partial charge in [0.25, 0.3) is 0 Å². The summed E-state index contributed by atoms with van der Waals surface area (Å²) in [7, 11) is 0. The molecule has 0 saturated carbocycles. The zero-order valence-electron chi connectivity index (χ0n) is 11.6. The number of thiophene rings is 1. The maximum absolute atomic E-state index is 12.0. The third-order valence-electron chi connectivity index (χ3n) is 3.70. The maximum Gasteiger partial charge on any atom is 0.220 e. The van der Waals surface area contributed by atoms with E-state index in [2.05, 4.69) is 37.9 Å². The number of aromatic nitrogens is 2. The van der Waals surface area contributed by atoms with E-state index >= 15 is 0 Å². The molecule has 1 N–H and O–H groups in total. The molecule has 2 aromatic heterocycles. The standard InChI is InChI=1S/C15H19N3OS/c1-11-8-18-9-13(3-4-14(18)16-11)17-15(19)5-2-12-6-7-20-10-12/h6-8,10,13H,2-5,9H2,1H3,(H,17,19). The number of aryl methyl sites for hydroxylation is 3. The SMILES string of the molecule is Cc1cn2c(n1)CCC(NC(=O)CCc1ccsc1)C2. The molecule has 1 unspecified atom stereocenters. The van der Waals surface area contributed by atoms with Crippen LogP contribution in [0.15, 0.2) is 23.0 Å². The number of hydrogen-bond acceptors (Lipinski definition) is 3. The Bertz CT molecular complexity index is 588. The van der Waals surface area contributed by atoms with Crippen LogP contribution in [0.1, 0.15) is 29.9 Å². The lowest BCUT2D eigenvalue weighted by Crippen LogP contribution is -2.40. The van der Waals surface area contributed by atoms with Crippen LogP contribution in [0.3, 0.4) is 0 Å². The van der Waals surface area contributed by atoms with Crippen LogP contribution >= 0.6 is 11.3 Å². The topological polar surface area (TPSA) is 46.9 Å². The van der Waals surface area contributed by atoms with Crippen LogP contribution in [0, 0.1) is 6.92 Å². The minimum atomic E-state index is 0.154. The fourth-order valence-electron chi connectivity index (χ4n) is 2.70. The number of rotatable bonds is 4. The lowest BCUT2D eigenvalue weighted by molar-refractivity contribution is -0.122. The summed E-state index contributed by atoms with van der Waals surface area (Å²) in [5.74, 6) is 1.30. The molecule has 3 rings (SSSR count). The van der Waals surface area contributed by atoms with Gasteiger partial charge in [-0.05, 0) is 42.2 Å². The van der Waals surface area contributed by atoms with Crippen molar-refractivity contribution in [2.45, 2.75) is 45.2 Å². The average molecular weight is 289 g/mol. The summed E-state index contributed by atoms with van der Waals surface area (Å²) in [6.07, 6.45) is 5.41. The van der Waals surface area contributed by atoms with Gasteiger partial charge in [0.15, 0.2) is 0 Å². The van der Waals surface area contributed by atoms with Crippen LogP contribution in [0.25, 0.3) is 0 Å². The molecule has 1 atom stereocenters.